The average Bonchev–Trinajstić information content (AvgIpc) is 3.11. The number of likely N-dealkylation sites (N-methyl/N-ethyl adjacent to an activating group) is 1. The van der Waals surface area contributed by atoms with Crippen molar-refractivity contribution in [3.63, 3.8) is 0 Å². The number of hydrogen-bond donors (Lipinski definition) is 3. The van der Waals surface area contributed by atoms with Crippen molar-refractivity contribution in [1.82, 2.24) is 16.0 Å². The number of aliphatic imine (C=N–C) groups is 1. The van der Waals surface area contributed by atoms with Crippen LogP contribution in [0.4, 0.5) is 4.39 Å². The van der Waals surface area contributed by atoms with E-state index in [1.54, 1.807) is 13.1 Å². The van der Waals surface area contributed by atoms with Crippen molar-refractivity contribution in [3.05, 3.63) is 46.4 Å². The molecule has 0 spiro atoms. The molecule has 31 heavy (non-hydrogen) atoms. The average molecular weight is 431 g/mol. The van der Waals surface area contributed by atoms with E-state index in [2.05, 4.69) is 27.9 Å². The molecule has 1 heterocycles. The number of benzene rings is 1. The monoisotopic (exact) mass is 430 g/mol. The molecule has 0 aliphatic carbocycles. The van der Waals surface area contributed by atoms with Gasteiger partial charge in [0, 0.05) is 25.6 Å². The highest BCUT2D eigenvalue weighted by molar-refractivity contribution is 6.10. The lowest BCUT2D eigenvalue weighted by Gasteiger charge is -2.29. The Morgan fingerprint density at radius 2 is 1.97 bits per heavy atom. The van der Waals surface area contributed by atoms with Crippen LogP contribution in [-0.4, -0.2) is 43.7 Å². The van der Waals surface area contributed by atoms with Crippen LogP contribution in [0.15, 0.2) is 34.5 Å². The van der Waals surface area contributed by atoms with Gasteiger partial charge in [0.25, 0.3) is 5.91 Å². The van der Waals surface area contributed by atoms with Crippen molar-refractivity contribution in [2.24, 2.45) is 10.4 Å². The van der Waals surface area contributed by atoms with Gasteiger partial charge in [-0.25, -0.2) is 9.38 Å². The minimum absolute atomic E-state index is 0.261. The van der Waals surface area contributed by atoms with Gasteiger partial charge in [0.05, 0.1) is 5.71 Å². The Morgan fingerprint density at radius 1 is 1.26 bits per heavy atom. The molecule has 2 amide bonds. The second-order valence-corrected chi connectivity index (χ2v) is 9.09. The smallest absolute Gasteiger partial charge is 0.270 e. The van der Waals surface area contributed by atoms with E-state index < -0.39 is 17.4 Å². The molecule has 1 aliphatic rings. The number of unbranched alkanes of at least 4 members (excludes halogenated alkanes) is 1. The first-order chi connectivity index (χ1) is 14.6. The predicted molar refractivity (Wildman–Crippen MR) is 123 cm³/mol. The molecular weight excluding hydrogens is 395 g/mol. The van der Waals surface area contributed by atoms with Crippen LogP contribution in [-0.2, 0) is 9.59 Å². The Kier molecular flexibility index (Phi) is 8.51. The summed E-state index contributed by atoms with van der Waals surface area (Å²) < 4.78 is 14.6. The van der Waals surface area contributed by atoms with E-state index in [4.69, 9.17) is 0 Å². The minimum Gasteiger partial charge on any atom is -0.357 e. The fourth-order valence-corrected chi connectivity index (χ4v) is 3.47. The van der Waals surface area contributed by atoms with Gasteiger partial charge in [-0.2, -0.15) is 0 Å². The second-order valence-electron chi connectivity index (χ2n) is 9.09. The highest BCUT2D eigenvalue weighted by Crippen LogP contribution is 2.27. The molecule has 0 saturated carbocycles. The summed E-state index contributed by atoms with van der Waals surface area (Å²) in [5, 5.41) is 8.79. The summed E-state index contributed by atoms with van der Waals surface area (Å²) in [6.45, 7) is 10.9. The molecule has 170 valence electrons. The van der Waals surface area contributed by atoms with E-state index in [1.165, 1.54) is 6.07 Å². The summed E-state index contributed by atoms with van der Waals surface area (Å²) in [6.07, 6.45) is 2.48. The van der Waals surface area contributed by atoms with Crippen LogP contribution in [0.3, 0.4) is 0 Å². The number of amides is 2. The lowest BCUT2D eigenvalue weighted by atomic mass is 9.86. The third kappa shape index (κ3) is 6.47. The number of aryl methyl sites for hydroxylation is 1. The van der Waals surface area contributed by atoms with Crippen LogP contribution in [0.1, 0.15) is 58.1 Å². The third-order valence-electron chi connectivity index (χ3n) is 5.31. The van der Waals surface area contributed by atoms with Crippen LogP contribution in [0.2, 0.25) is 0 Å². The topological polar surface area (TPSA) is 82.6 Å². The molecule has 1 aromatic carbocycles. The van der Waals surface area contributed by atoms with Crippen LogP contribution < -0.4 is 16.0 Å². The van der Waals surface area contributed by atoms with Crippen LogP contribution in [0, 0.1) is 18.2 Å². The highest BCUT2D eigenvalue weighted by Gasteiger charge is 2.34. The van der Waals surface area contributed by atoms with Crippen molar-refractivity contribution in [2.45, 2.75) is 59.9 Å². The Morgan fingerprint density at radius 3 is 2.55 bits per heavy atom. The number of hydrogen-bond acceptors (Lipinski definition) is 4. The maximum Gasteiger partial charge on any atom is 0.270 e. The van der Waals surface area contributed by atoms with E-state index in [1.807, 2.05) is 33.8 Å². The lowest BCUT2D eigenvalue weighted by molar-refractivity contribution is -0.129. The molecule has 1 aliphatic heterocycles. The Hall–Kier alpha value is -2.54. The van der Waals surface area contributed by atoms with E-state index in [0.29, 0.717) is 24.2 Å². The first-order valence-electron chi connectivity index (χ1n) is 10.9. The zero-order valence-electron chi connectivity index (χ0n) is 19.5. The summed E-state index contributed by atoms with van der Waals surface area (Å²) in [5.74, 6) is -1.04. The number of carbonyl (C=O) groups is 2. The predicted octanol–water partition coefficient (Wildman–Crippen LogP) is 3.25. The normalized spacial score (nSPS) is 15.0. The van der Waals surface area contributed by atoms with Gasteiger partial charge in [-0.3, -0.25) is 9.59 Å². The van der Waals surface area contributed by atoms with Gasteiger partial charge in [0.2, 0.25) is 5.91 Å². The molecule has 1 aromatic rings. The van der Waals surface area contributed by atoms with Gasteiger partial charge in [-0.1, -0.05) is 40.2 Å². The quantitative estimate of drug-likeness (QED) is 0.526. The standard InChI is InChI=1S/C24H35FN4O2/c1-7-8-11-27-14-16-13-19(17-10-9-15(2)12-18(17)25)28-20(16)22(30)29-21(23(31)26-6)24(3,4)5/h9-10,12,21,27H,7-8,11,13-14H2,1-6H3,(H,26,31)(H,29,30)/t21-/m1/s1. The largest absolute Gasteiger partial charge is 0.357 e. The zero-order chi connectivity index (χ0) is 23.2. The second kappa shape index (κ2) is 10.7. The first kappa shape index (κ1) is 24.7. The molecule has 6 nitrogen and oxygen atoms in total. The third-order valence-corrected chi connectivity index (χ3v) is 5.31. The van der Waals surface area contributed by atoms with Crippen molar-refractivity contribution in [3.8, 4) is 0 Å². The summed E-state index contributed by atoms with van der Waals surface area (Å²) >= 11 is 0. The molecular formula is C24H35FN4O2. The Balaban J connectivity index is 2.32. The molecule has 1 atom stereocenters. The highest BCUT2D eigenvalue weighted by atomic mass is 19.1. The van der Waals surface area contributed by atoms with Crippen molar-refractivity contribution in [2.75, 3.05) is 20.1 Å². The van der Waals surface area contributed by atoms with Gasteiger partial charge in [-0.15, -0.1) is 0 Å². The Bertz CT molecular complexity index is 884. The summed E-state index contributed by atoms with van der Waals surface area (Å²) in [5.41, 5.74) is 2.33. The molecule has 0 unspecified atom stereocenters. The van der Waals surface area contributed by atoms with Gasteiger partial charge in [0.15, 0.2) is 0 Å². The van der Waals surface area contributed by atoms with Gasteiger partial charge in [0.1, 0.15) is 17.6 Å². The number of carbonyl (C=O) groups excluding carboxylic acids is 2. The van der Waals surface area contributed by atoms with Crippen LogP contribution >= 0.6 is 0 Å². The van der Waals surface area contributed by atoms with E-state index in [-0.39, 0.29) is 17.4 Å². The van der Waals surface area contributed by atoms with Crippen molar-refractivity contribution < 1.29 is 14.0 Å². The van der Waals surface area contributed by atoms with Crippen molar-refractivity contribution in [1.29, 1.82) is 0 Å². The summed E-state index contributed by atoms with van der Waals surface area (Å²) in [7, 11) is 1.54. The molecule has 0 radical (unpaired) electrons. The van der Waals surface area contributed by atoms with Gasteiger partial charge in [-0.05, 0) is 48.6 Å². The number of nitrogens with zero attached hydrogens (tertiary/aromatic N) is 1. The number of halogens is 1. The first-order valence-corrected chi connectivity index (χ1v) is 10.9. The molecule has 0 saturated heterocycles. The zero-order valence-corrected chi connectivity index (χ0v) is 19.5. The molecule has 2 rings (SSSR count). The van der Waals surface area contributed by atoms with E-state index in [9.17, 15) is 14.0 Å². The fraction of sp³-hybridized carbons (Fsp3) is 0.542. The summed E-state index contributed by atoms with van der Waals surface area (Å²) in [6, 6.07) is 4.28. The van der Waals surface area contributed by atoms with Gasteiger partial charge < -0.3 is 16.0 Å². The minimum atomic E-state index is -0.720. The van der Waals surface area contributed by atoms with Gasteiger partial charge >= 0.3 is 0 Å². The summed E-state index contributed by atoms with van der Waals surface area (Å²) in [4.78, 5) is 30.0. The van der Waals surface area contributed by atoms with Crippen molar-refractivity contribution >= 4 is 17.5 Å². The fourth-order valence-electron chi connectivity index (χ4n) is 3.47. The molecule has 3 N–H and O–H groups in total. The molecule has 0 aromatic heterocycles. The molecule has 0 bridgehead atoms. The van der Waals surface area contributed by atoms with E-state index >= 15 is 0 Å². The maximum absolute atomic E-state index is 14.6. The van der Waals surface area contributed by atoms with Crippen LogP contribution in [0.25, 0.3) is 0 Å². The van der Waals surface area contributed by atoms with E-state index in [0.717, 1.165) is 30.5 Å². The Labute approximate surface area is 184 Å². The molecule has 0 fully saturated rings. The van der Waals surface area contributed by atoms with Crippen LogP contribution in [0.5, 0.6) is 0 Å². The maximum atomic E-state index is 14.6. The SMILES string of the molecule is CCCCNCC1=C(C(=O)N[C@H](C(=O)NC)C(C)(C)C)N=C(c2ccc(C)cc2F)C1. The molecule has 7 heteroatoms. The lowest BCUT2D eigenvalue weighted by Crippen LogP contribution is -2.53. The number of rotatable bonds is 9. The number of nitrogens with one attached hydrogen (secondary N) is 3.